The highest BCUT2D eigenvalue weighted by molar-refractivity contribution is 5.66. The lowest BCUT2D eigenvalue weighted by atomic mass is 10.1. The highest BCUT2D eigenvalue weighted by atomic mass is 16.4. The lowest BCUT2D eigenvalue weighted by Gasteiger charge is -2.23. The van der Waals surface area contributed by atoms with Crippen LogP contribution in [0.15, 0.2) is 18.3 Å². The number of aromatic amines is 1. The van der Waals surface area contributed by atoms with Gasteiger partial charge in [0.1, 0.15) is 0 Å². The molecule has 1 unspecified atom stereocenters. The van der Waals surface area contributed by atoms with E-state index in [0.717, 1.165) is 12.1 Å². The van der Waals surface area contributed by atoms with Crippen LogP contribution in [-0.4, -0.2) is 35.1 Å². The SMILES string of the molecule is CN(C)C(CCCC(=O)O)c1ccc[nH]1. The molecule has 1 heterocycles. The number of carboxylic acids is 1. The average molecular weight is 210 g/mol. The molecule has 0 aromatic carbocycles. The molecule has 4 nitrogen and oxygen atoms in total. The molecule has 15 heavy (non-hydrogen) atoms. The van der Waals surface area contributed by atoms with Gasteiger partial charge < -0.3 is 15.0 Å². The Morgan fingerprint density at radius 2 is 2.33 bits per heavy atom. The summed E-state index contributed by atoms with van der Waals surface area (Å²) in [5, 5.41) is 8.57. The molecule has 0 aliphatic heterocycles. The van der Waals surface area contributed by atoms with Crippen LogP contribution in [0.3, 0.4) is 0 Å². The first-order valence-electron chi connectivity index (χ1n) is 5.12. The van der Waals surface area contributed by atoms with Crippen LogP contribution in [0.1, 0.15) is 31.0 Å². The maximum Gasteiger partial charge on any atom is 0.303 e. The number of nitrogens with zero attached hydrogens (tertiary/aromatic N) is 1. The zero-order chi connectivity index (χ0) is 11.3. The van der Waals surface area contributed by atoms with Crippen LogP contribution in [0.4, 0.5) is 0 Å². The molecular weight excluding hydrogens is 192 g/mol. The van der Waals surface area contributed by atoms with Gasteiger partial charge in [-0.15, -0.1) is 0 Å². The van der Waals surface area contributed by atoms with E-state index in [-0.39, 0.29) is 12.5 Å². The minimum absolute atomic E-state index is 0.241. The molecule has 0 spiro atoms. The summed E-state index contributed by atoms with van der Waals surface area (Å²) in [7, 11) is 4.01. The van der Waals surface area contributed by atoms with Gasteiger partial charge in [-0.3, -0.25) is 4.79 Å². The van der Waals surface area contributed by atoms with Gasteiger partial charge in [-0.2, -0.15) is 0 Å². The maximum absolute atomic E-state index is 10.4. The average Bonchev–Trinajstić information content (AvgIpc) is 2.63. The molecule has 1 rings (SSSR count). The minimum Gasteiger partial charge on any atom is -0.481 e. The van der Waals surface area contributed by atoms with Crippen LogP contribution in [-0.2, 0) is 4.79 Å². The highest BCUT2D eigenvalue weighted by Crippen LogP contribution is 2.22. The topological polar surface area (TPSA) is 56.3 Å². The Balaban J connectivity index is 2.49. The molecule has 0 aliphatic carbocycles. The number of aromatic nitrogens is 1. The molecule has 0 aliphatic rings. The molecule has 4 heteroatoms. The molecule has 1 atom stereocenters. The van der Waals surface area contributed by atoms with Gasteiger partial charge >= 0.3 is 5.97 Å². The Bertz CT molecular complexity index is 294. The normalized spacial score (nSPS) is 13.0. The van der Waals surface area contributed by atoms with E-state index < -0.39 is 5.97 Å². The molecular formula is C11H18N2O2. The van der Waals surface area contributed by atoms with E-state index in [4.69, 9.17) is 5.11 Å². The van der Waals surface area contributed by atoms with Crippen molar-refractivity contribution in [2.24, 2.45) is 0 Å². The molecule has 0 saturated carbocycles. The number of carboxylic acid groups (broad SMARTS) is 1. The fraction of sp³-hybridized carbons (Fsp3) is 0.545. The zero-order valence-corrected chi connectivity index (χ0v) is 9.23. The van der Waals surface area contributed by atoms with Gasteiger partial charge in [0.05, 0.1) is 0 Å². The fourth-order valence-corrected chi connectivity index (χ4v) is 1.69. The zero-order valence-electron chi connectivity index (χ0n) is 9.23. The molecule has 0 saturated heterocycles. The van der Waals surface area contributed by atoms with Crippen molar-refractivity contribution in [3.63, 3.8) is 0 Å². The number of nitrogens with one attached hydrogen (secondary N) is 1. The van der Waals surface area contributed by atoms with E-state index in [1.807, 2.05) is 32.4 Å². The first-order valence-corrected chi connectivity index (χ1v) is 5.12. The summed E-state index contributed by atoms with van der Waals surface area (Å²) in [5.41, 5.74) is 1.14. The van der Waals surface area contributed by atoms with Crippen molar-refractivity contribution >= 4 is 5.97 Å². The fourth-order valence-electron chi connectivity index (χ4n) is 1.69. The van der Waals surface area contributed by atoms with Crippen LogP contribution in [0.2, 0.25) is 0 Å². The van der Waals surface area contributed by atoms with Gasteiger partial charge in [-0.05, 0) is 39.1 Å². The third-order valence-electron chi connectivity index (χ3n) is 2.47. The Hall–Kier alpha value is -1.29. The summed E-state index contributed by atoms with van der Waals surface area (Å²) >= 11 is 0. The van der Waals surface area contributed by atoms with Crippen LogP contribution in [0.5, 0.6) is 0 Å². The Morgan fingerprint density at radius 3 is 2.80 bits per heavy atom. The molecule has 0 amide bonds. The lowest BCUT2D eigenvalue weighted by molar-refractivity contribution is -0.137. The van der Waals surface area contributed by atoms with Crippen molar-refractivity contribution in [3.8, 4) is 0 Å². The summed E-state index contributed by atoms with van der Waals surface area (Å²) in [5.74, 6) is -0.723. The predicted molar refractivity (Wildman–Crippen MR) is 58.7 cm³/mol. The Kier molecular flexibility index (Phi) is 4.37. The molecule has 0 fully saturated rings. The molecule has 1 aromatic heterocycles. The molecule has 0 bridgehead atoms. The number of hydrogen-bond donors (Lipinski definition) is 2. The quantitative estimate of drug-likeness (QED) is 0.753. The summed E-state index contributed by atoms with van der Waals surface area (Å²) in [6.45, 7) is 0. The largest absolute Gasteiger partial charge is 0.481 e. The maximum atomic E-state index is 10.4. The standard InChI is InChI=1S/C11H18N2O2/c1-13(2)10(6-3-7-11(14)15)9-5-4-8-12-9/h4-5,8,10,12H,3,6-7H2,1-2H3,(H,14,15). The van der Waals surface area contributed by atoms with Gasteiger partial charge in [0.15, 0.2) is 0 Å². The van der Waals surface area contributed by atoms with Crippen molar-refractivity contribution < 1.29 is 9.90 Å². The van der Waals surface area contributed by atoms with Gasteiger partial charge in [0, 0.05) is 24.4 Å². The first kappa shape index (κ1) is 11.8. The van der Waals surface area contributed by atoms with E-state index in [9.17, 15) is 4.79 Å². The summed E-state index contributed by atoms with van der Waals surface area (Å²) in [6.07, 6.45) is 3.70. The van der Waals surface area contributed by atoms with Crippen molar-refractivity contribution in [2.45, 2.75) is 25.3 Å². The Morgan fingerprint density at radius 1 is 1.60 bits per heavy atom. The number of carbonyl (C=O) groups is 1. The van der Waals surface area contributed by atoms with Crippen LogP contribution >= 0.6 is 0 Å². The molecule has 1 aromatic rings. The monoisotopic (exact) mass is 210 g/mol. The molecule has 84 valence electrons. The van der Waals surface area contributed by atoms with E-state index in [1.54, 1.807) is 0 Å². The van der Waals surface area contributed by atoms with Gasteiger partial charge in [0.25, 0.3) is 0 Å². The van der Waals surface area contributed by atoms with E-state index in [2.05, 4.69) is 9.88 Å². The predicted octanol–water partition coefficient (Wildman–Crippen LogP) is 1.87. The number of rotatable bonds is 6. The van der Waals surface area contributed by atoms with Crippen molar-refractivity contribution in [2.75, 3.05) is 14.1 Å². The van der Waals surface area contributed by atoms with Crippen LogP contribution in [0.25, 0.3) is 0 Å². The second-order valence-electron chi connectivity index (χ2n) is 3.89. The van der Waals surface area contributed by atoms with Crippen molar-refractivity contribution in [1.82, 2.24) is 9.88 Å². The number of aliphatic carboxylic acids is 1. The molecule has 0 radical (unpaired) electrons. The van der Waals surface area contributed by atoms with Crippen LogP contribution in [0, 0.1) is 0 Å². The summed E-state index contributed by atoms with van der Waals surface area (Å²) < 4.78 is 0. The third kappa shape index (κ3) is 3.75. The van der Waals surface area contributed by atoms with Crippen LogP contribution < -0.4 is 0 Å². The van der Waals surface area contributed by atoms with Crippen molar-refractivity contribution in [3.05, 3.63) is 24.0 Å². The van der Waals surface area contributed by atoms with Gasteiger partial charge in [-0.25, -0.2) is 0 Å². The summed E-state index contributed by atoms with van der Waals surface area (Å²) in [4.78, 5) is 15.7. The van der Waals surface area contributed by atoms with Gasteiger partial charge in [-0.1, -0.05) is 0 Å². The number of hydrogen-bond acceptors (Lipinski definition) is 2. The van der Waals surface area contributed by atoms with E-state index in [0.29, 0.717) is 6.42 Å². The third-order valence-corrected chi connectivity index (χ3v) is 2.47. The van der Waals surface area contributed by atoms with E-state index >= 15 is 0 Å². The minimum atomic E-state index is -0.723. The lowest BCUT2D eigenvalue weighted by Crippen LogP contribution is -2.20. The van der Waals surface area contributed by atoms with E-state index in [1.165, 1.54) is 0 Å². The summed E-state index contributed by atoms with van der Waals surface area (Å²) in [6, 6.07) is 4.27. The van der Waals surface area contributed by atoms with Gasteiger partial charge in [0.2, 0.25) is 0 Å². The first-order chi connectivity index (χ1) is 7.11. The highest BCUT2D eigenvalue weighted by Gasteiger charge is 2.14. The van der Waals surface area contributed by atoms with Crippen molar-refractivity contribution in [1.29, 1.82) is 0 Å². The Labute approximate surface area is 89.9 Å². The molecule has 2 N–H and O–H groups in total. The second kappa shape index (κ2) is 5.56. The second-order valence-corrected chi connectivity index (χ2v) is 3.89. The smallest absolute Gasteiger partial charge is 0.303 e. The number of H-pyrrole nitrogens is 1.